The lowest BCUT2D eigenvalue weighted by Crippen LogP contribution is -2.29. The summed E-state index contributed by atoms with van der Waals surface area (Å²) < 4.78 is 2.16. The van der Waals surface area contributed by atoms with E-state index < -0.39 is 0 Å². The molecule has 0 saturated heterocycles. The molecule has 7 heteroatoms. The molecule has 1 fully saturated rings. The van der Waals surface area contributed by atoms with E-state index in [1.54, 1.807) is 12.4 Å². The van der Waals surface area contributed by atoms with Crippen LogP contribution < -0.4 is 5.32 Å². The van der Waals surface area contributed by atoms with Crippen LogP contribution in [-0.4, -0.2) is 31.4 Å². The Morgan fingerprint density at radius 2 is 2.03 bits per heavy atom. The molecule has 1 N–H and O–H groups in total. The van der Waals surface area contributed by atoms with Crippen molar-refractivity contribution in [2.75, 3.05) is 5.75 Å². The van der Waals surface area contributed by atoms with E-state index in [4.69, 9.17) is 0 Å². The molecule has 0 spiro atoms. The van der Waals surface area contributed by atoms with Crippen LogP contribution in [0.1, 0.15) is 49.4 Å². The maximum atomic E-state index is 12.6. The molecular formula is C22H25N5OS. The standard InChI is InChI=1S/C22H25N5OS/c1-3-19(16-8-6-15(2)7-9-16)24-20(28)14-29-22-26-25-21(27(22)18-10-11-18)17-5-4-12-23-13-17/h4-9,12-13,18-19H,3,10-11,14H2,1-2H3,(H,24,28)/t19-/m1/s1. The molecule has 150 valence electrons. The summed E-state index contributed by atoms with van der Waals surface area (Å²) in [7, 11) is 0. The molecule has 1 saturated carbocycles. The van der Waals surface area contributed by atoms with Crippen LogP contribution in [0.3, 0.4) is 0 Å². The summed E-state index contributed by atoms with van der Waals surface area (Å²) in [6.07, 6.45) is 6.65. The third-order valence-corrected chi connectivity index (χ3v) is 5.99. The minimum absolute atomic E-state index is 0.00991. The van der Waals surface area contributed by atoms with Gasteiger partial charge in [0.05, 0.1) is 11.8 Å². The van der Waals surface area contributed by atoms with Gasteiger partial charge in [-0.2, -0.15) is 0 Å². The van der Waals surface area contributed by atoms with Gasteiger partial charge in [-0.25, -0.2) is 0 Å². The number of hydrogen-bond acceptors (Lipinski definition) is 5. The highest BCUT2D eigenvalue weighted by atomic mass is 32.2. The van der Waals surface area contributed by atoms with Gasteiger partial charge in [0, 0.05) is 24.0 Å². The lowest BCUT2D eigenvalue weighted by Gasteiger charge is -2.17. The third-order valence-electron chi connectivity index (χ3n) is 5.05. The lowest BCUT2D eigenvalue weighted by atomic mass is 10.0. The van der Waals surface area contributed by atoms with Gasteiger partial charge in [-0.1, -0.05) is 48.5 Å². The number of benzene rings is 1. The lowest BCUT2D eigenvalue weighted by molar-refractivity contribution is -0.119. The number of thioether (sulfide) groups is 1. The number of nitrogens with zero attached hydrogens (tertiary/aromatic N) is 4. The molecule has 1 atom stereocenters. The summed E-state index contributed by atoms with van der Waals surface area (Å²) in [6, 6.07) is 12.7. The first kappa shape index (κ1) is 19.6. The van der Waals surface area contributed by atoms with Crippen molar-refractivity contribution in [3.05, 3.63) is 59.9 Å². The highest BCUT2D eigenvalue weighted by Gasteiger charge is 2.30. The van der Waals surface area contributed by atoms with Crippen LogP contribution in [0, 0.1) is 6.92 Å². The first-order valence-corrected chi connectivity index (χ1v) is 11.0. The van der Waals surface area contributed by atoms with Gasteiger partial charge in [0.2, 0.25) is 5.91 Å². The van der Waals surface area contributed by atoms with Crippen LogP contribution in [0.2, 0.25) is 0 Å². The molecule has 0 bridgehead atoms. The van der Waals surface area contributed by atoms with E-state index in [9.17, 15) is 4.79 Å². The van der Waals surface area contributed by atoms with Crippen molar-refractivity contribution in [1.29, 1.82) is 0 Å². The average molecular weight is 408 g/mol. The predicted octanol–water partition coefficient (Wildman–Crippen LogP) is 4.34. The molecule has 1 aromatic carbocycles. The van der Waals surface area contributed by atoms with E-state index in [0.717, 1.165) is 41.4 Å². The van der Waals surface area contributed by atoms with E-state index >= 15 is 0 Å². The Bertz CT molecular complexity index is 967. The summed E-state index contributed by atoms with van der Waals surface area (Å²) in [5, 5.41) is 12.7. The Kier molecular flexibility index (Phi) is 5.94. The van der Waals surface area contributed by atoms with Gasteiger partial charge in [0.15, 0.2) is 11.0 Å². The fraction of sp³-hybridized carbons (Fsp3) is 0.364. The van der Waals surface area contributed by atoms with E-state index in [1.165, 1.54) is 17.3 Å². The van der Waals surface area contributed by atoms with Crippen LogP contribution in [-0.2, 0) is 4.79 Å². The van der Waals surface area contributed by atoms with Crippen molar-refractivity contribution in [3.63, 3.8) is 0 Å². The summed E-state index contributed by atoms with van der Waals surface area (Å²) in [4.78, 5) is 16.8. The van der Waals surface area contributed by atoms with Gasteiger partial charge in [-0.05, 0) is 43.9 Å². The number of hydrogen-bond donors (Lipinski definition) is 1. The van der Waals surface area contributed by atoms with Crippen LogP contribution >= 0.6 is 11.8 Å². The van der Waals surface area contributed by atoms with Crippen LogP contribution in [0.25, 0.3) is 11.4 Å². The second-order valence-corrected chi connectivity index (χ2v) is 8.32. The first-order valence-electron chi connectivity index (χ1n) is 9.99. The van der Waals surface area contributed by atoms with Crippen LogP contribution in [0.15, 0.2) is 53.9 Å². The molecule has 0 aliphatic heterocycles. The highest BCUT2D eigenvalue weighted by molar-refractivity contribution is 7.99. The van der Waals surface area contributed by atoms with E-state index in [0.29, 0.717) is 11.8 Å². The van der Waals surface area contributed by atoms with Crippen molar-refractivity contribution in [3.8, 4) is 11.4 Å². The van der Waals surface area contributed by atoms with Crippen molar-refractivity contribution in [2.24, 2.45) is 0 Å². The van der Waals surface area contributed by atoms with Crippen molar-refractivity contribution >= 4 is 17.7 Å². The van der Waals surface area contributed by atoms with Crippen LogP contribution in [0.5, 0.6) is 0 Å². The Balaban J connectivity index is 1.43. The summed E-state index contributed by atoms with van der Waals surface area (Å²) >= 11 is 1.45. The normalized spacial score (nSPS) is 14.6. The number of carbonyl (C=O) groups is 1. The van der Waals surface area contributed by atoms with E-state index in [-0.39, 0.29) is 11.9 Å². The average Bonchev–Trinajstić information content (AvgIpc) is 3.50. The van der Waals surface area contributed by atoms with Crippen molar-refractivity contribution in [2.45, 2.75) is 50.4 Å². The largest absolute Gasteiger partial charge is 0.349 e. The number of nitrogens with one attached hydrogen (secondary N) is 1. The fourth-order valence-electron chi connectivity index (χ4n) is 3.32. The number of pyridine rings is 1. The smallest absolute Gasteiger partial charge is 0.230 e. The number of amides is 1. The zero-order valence-electron chi connectivity index (χ0n) is 16.7. The van der Waals surface area contributed by atoms with Gasteiger partial charge >= 0.3 is 0 Å². The van der Waals surface area contributed by atoms with Gasteiger partial charge in [0.25, 0.3) is 0 Å². The van der Waals surface area contributed by atoms with E-state index in [1.807, 2.05) is 12.1 Å². The zero-order valence-corrected chi connectivity index (χ0v) is 17.5. The monoisotopic (exact) mass is 407 g/mol. The van der Waals surface area contributed by atoms with E-state index in [2.05, 4.69) is 63.2 Å². The molecular weight excluding hydrogens is 382 g/mol. The first-order chi connectivity index (χ1) is 14.2. The summed E-state index contributed by atoms with van der Waals surface area (Å²) in [5.74, 6) is 1.16. The molecule has 6 nitrogen and oxygen atoms in total. The second-order valence-electron chi connectivity index (χ2n) is 7.38. The SMILES string of the molecule is CC[C@@H](NC(=O)CSc1nnc(-c2cccnc2)n1C1CC1)c1ccc(C)cc1. The predicted molar refractivity (Wildman–Crippen MR) is 115 cm³/mol. The number of rotatable bonds is 8. The number of carbonyl (C=O) groups excluding carboxylic acids is 1. The molecule has 1 amide bonds. The molecule has 0 unspecified atom stereocenters. The Morgan fingerprint density at radius 3 is 2.69 bits per heavy atom. The minimum Gasteiger partial charge on any atom is -0.349 e. The second kappa shape index (κ2) is 8.78. The molecule has 1 aliphatic carbocycles. The topological polar surface area (TPSA) is 72.7 Å². The molecule has 2 aromatic heterocycles. The maximum Gasteiger partial charge on any atom is 0.230 e. The Labute approximate surface area is 175 Å². The maximum absolute atomic E-state index is 12.6. The quantitative estimate of drug-likeness (QED) is 0.562. The summed E-state index contributed by atoms with van der Waals surface area (Å²) in [5.41, 5.74) is 3.30. The Morgan fingerprint density at radius 1 is 1.24 bits per heavy atom. The molecule has 3 aromatic rings. The van der Waals surface area contributed by atoms with Gasteiger partial charge < -0.3 is 5.32 Å². The molecule has 0 radical (unpaired) electrons. The fourth-order valence-corrected chi connectivity index (χ4v) is 4.13. The summed E-state index contributed by atoms with van der Waals surface area (Å²) in [6.45, 7) is 4.15. The highest BCUT2D eigenvalue weighted by Crippen LogP contribution is 2.40. The van der Waals surface area contributed by atoms with Gasteiger partial charge in [-0.3, -0.25) is 14.3 Å². The molecule has 1 aliphatic rings. The van der Waals surface area contributed by atoms with Crippen molar-refractivity contribution in [1.82, 2.24) is 25.1 Å². The van der Waals surface area contributed by atoms with Gasteiger partial charge in [0.1, 0.15) is 0 Å². The number of aryl methyl sites for hydroxylation is 1. The third kappa shape index (κ3) is 4.67. The minimum atomic E-state index is 0.00991. The number of aromatic nitrogens is 4. The molecule has 2 heterocycles. The Hall–Kier alpha value is -2.67. The zero-order chi connectivity index (χ0) is 20.2. The van der Waals surface area contributed by atoms with Crippen LogP contribution in [0.4, 0.5) is 0 Å². The molecule has 4 rings (SSSR count). The van der Waals surface area contributed by atoms with Crippen molar-refractivity contribution < 1.29 is 4.79 Å². The molecule has 29 heavy (non-hydrogen) atoms. The van der Waals surface area contributed by atoms with Gasteiger partial charge in [-0.15, -0.1) is 10.2 Å².